The van der Waals surface area contributed by atoms with Crippen molar-refractivity contribution in [2.75, 3.05) is 38.0 Å². The van der Waals surface area contributed by atoms with Crippen LogP contribution in [0.5, 0.6) is 0 Å². The van der Waals surface area contributed by atoms with E-state index in [1.807, 2.05) is 12.1 Å². The van der Waals surface area contributed by atoms with E-state index in [-0.39, 0.29) is 5.91 Å². The third-order valence-corrected chi connectivity index (χ3v) is 5.19. The van der Waals surface area contributed by atoms with E-state index >= 15 is 0 Å². The second kappa shape index (κ2) is 5.34. The van der Waals surface area contributed by atoms with E-state index in [2.05, 4.69) is 21.2 Å². The maximum Gasteiger partial charge on any atom is 0.254 e. The van der Waals surface area contributed by atoms with E-state index in [1.54, 1.807) is 0 Å². The Morgan fingerprint density at radius 2 is 2.14 bits per heavy atom. The Labute approximate surface area is 126 Å². The molecule has 2 fully saturated rings. The van der Waals surface area contributed by atoms with Crippen molar-refractivity contribution in [3.63, 3.8) is 0 Å². The predicted octanol–water partition coefficient (Wildman–Crippen LogP) is 1.96. The van der Waals surface area contributed by atoms with Gasteiger partial charge in [-0.05, 0) is 43.5 Å². The third-order valence-electron chi connectivity index (χ3n) is 5.19. The zero-order chi connectivity index (χ0) is 14.2. The Kier molecular flexibility index (Phi) is 3.34. The van der Waals surface area contributed by atoms with Gasteiger partial charge in [0.25, 0.3) is 5.91 Å². The van der Waals surface area contributed by atoms with Crippen molar-refractivity contribution in [3.05, 3.63) is 29.3 Å². The minimum Gasteiger partial charge on any atom is -0.384 e. The first-order valence-corrected chi connectivity index (χ1v) is 8.21. The van der Waals surface area contributed by atoms with Crippen LogP contribution in [0, 0.1) is 0 Å². The minimum atomic E-state index is 0.205. The lowest BCUT2D eigenvalue weighted by Gasteiger charge is -2.44. The number of nitrogens with one attached hydrogen (secondary N) is 1. The number of hydrogen-bond acceptors (Lipinski definition) is 3. The molecule has 1 aromatic rings. The summed E-state index contributed by atoms with van der Waals surface area (Å²) in [6, 6.07) is 6.74. The highest BCUT2D eigenvalue weighted by atomic mass is 16.2. The molecule has 4 rings (SSSR count). The van der Waals surface area contributed by atoms with Crippen molar-refractivity contribution in [2.45, 2.75) is 31.7 Å². The summed E-state index contributed by atoms with van der Waals surface area (Å²) in [7, 11) is 0. The number of amides is 1. The molecule has 112 valence electrons. The number of anilines is 1. The van der Waals surface area contributed by atoms with Crippen molar-refractivity contribution in [3.8, 4) is 0 Å². The van der Waals surface area contributed by atoms with Crippen molar-refractivity contribution in [1.29, 1.82) is 0 Å². The Bertz CT molecular complexity index is 557. The van der Waals surface area contributed by atoms with Gasteiger partial charge in [-0.1, -0.05) is 12.5 Å². The average Bonchev–Trinajstić information content (AvgIpc) is 3.01. The Balaban J connectivity index is 1.49. The highest BCUT2D eigenvalue weighted by Gasteiger charge is 2.31. The average molecular weight is 285 g/mol. The number of nitrogens with zero attached hydrogens (tertiary/aromatic N) is 2. The molecule has 3 heterocycles. The Morgan fingerprint density at radius 3 is 3.10 bits per heavy atom. The van der Waals surface area contributed by atoms with Gasteiger partial charge in [0, 0.05) is 43.5 Å². The predicted molar refractivity (Wildman–Crippen MR) is 83.8 cm³/mol. The Hall–Kier alpha value is -1.55. The topological polar surface area (TPSA) is 35.6 Å². The maximum atomic E-state index is 12.8. The quantitative estimate of drug-likeness (QED) is 0.857. The highest BCUT2D eigenvalue weighted by molar-refractivity contribution is 5.95. The SMILES string of the molecule is O=C(c1ccc2c(c1)NCC2)N1CCN2CCCCC2C1. The van der Waals surface area contributed by atoms with Gasteiger partial charge in [0.1, 0.15) is 0 Å². The molecule has 0 spiro atoms. The molecule has 0 aliphatic carbocycles. The van der Waals surface area contributed by atoms with Crippen LogP contribution in [-0.2, 0) is 6.42 Å². The molecule has 3 aliphatic heterocycles. The number of hydrogen-bond donors (Lipinski definition) is 1. The van der Waals surface area contributed by atoms with Gasteiger partial charge in [-0.25, -0.2) is 0 Å². The summed E-state index contributed by atoms with van der Waals surface area (Å²) < 4.78 is 0. The normalized spacial score (nSPS) is 25.1. The van der Waals surface area contributed by atoms with Crippen LogP contribution in [0.1, 0.15) is 35.2 Å². The third kappa shape index (κ3) is 2.42. The van der Waals surface area contributed by atoms with E-state index in [4.69, 9.17) is 0 Å². The van der Waals surface area contributed by atoms with Gasteiger partial charge in [0.05, 0.1) is 0 Å². The number of piperidine rings is 1. The van der Waals surface area contributed by atoms with E-state index in [9.17, 15) is 4.79 Å². The van der Waals surface area contributed by atoms with Crippen LogP contribution in [0.25, 0.3) is 0 Å². The number of piperazine rings is 1. The molecule has 0 bridgehead atoms. The van der Waals surface area contributed by atoms with Crippen molar-refractivity contribution in [1.82, 2.24) is 9.80 Å². The summed E-state index contributed by atoms with van der Waals surface area (Å²) >= 11 is 0. The lowest BCUT2D eigenvalue weighted by atomic mass is 9.99. The first-order chi connectivity index (χ1) is 10.3. The molecule has 1 aromatic carbocycles. The van der Waals surface area contributed by atoms with Crippen molar-refractivity contribution in [2.24, 2.45) is 0 Å². The lowest BCUT2D eigenvalue weighted by Crippen LogP contribution is -2.56. The first-order valence-electron chi connectivity index (χ1n) is 8.21. The van der Waals surface area contributed by atoms with E-state index < -0.39 is 0 Å². The molecule has 4 nitrogen and oxygen atoms in total. The number of carbonyl (C=O) groups is 1. The standard InChI is InChI=1S/C17H23N3O/c21-17(14-5-4-13-6-7-18-16(13)11-14)20-10-9-19-8-2-1-3-15(19)12-20/h4-5,11,15,18H,1-3,6-10,12H2. The molecule has 3 aliphatic rings. The number of carbonyl (C=O) groups excluding carboxylic acids is 1. The van der Waals surface area contributed by atoms with Gasteiger partial charge in [-0.2, -0.15) is 0 Å². The van der Waals surface area contributed by atoms with Crippen LogP contribution in [0.4, 0.5) is 5.69 Å². The van der Waals surface area contributed by atoms with Crippen LogP contribution in [-0.4, -0.2) is 54.5 Å². The molecule has 1 unspecified atom stereocenters. The van der Waals surface area contributed by atoms with Gasteiger partial charge < -0.3 is 10.2 Å². The molecule has 1 N–H and O–H groups in total. The highest BCUT2D eigenvalue weighted by Crippen LogP contribution is 2.26. The van der Waals surface area contributed by atoms with Gasteiger partial charge in [0.2, 0.25) is 0 Å². The van der Waals surface area contributed by atoms with E-state index in [1.165, 1.54) is 31.4 Å². The Morgan fingerprint density at radius 1 is 1.19 bits per heavy atom. The molecular weight excluding hydrogens is 262 g/mol. The fourth-order valence-corrected chi connectivity index (χ4v) is 3.95. The van der Waals surface area contributed by atoms with Crippen molar-refractivity contribution < 1.29 is 4.79 Å². The summed E-state index contributed by atoms with van der Waals surface area (Å²) in [4.78, 5) is 17.4. The number of fused-ring (bicyclic) bond motifs is 2. The zero-order valence-electron chi connectivity index (χ0n) is 12.5. The maximum absolute atomic E-state index is 12.8. The molecule has 1 amide bonds. The molecule has 0 radical (unpaired) electrons. The van der Waals surface area contributed by atoms with E-state index in [0.717, 1.165) is 43.9 Å². The monoisotopic (exact) mass is 285 g/mol. The summed E-state index contributed by atoms with van der Waals surface area (Å²) in [5.41, 5.74) is 3.33. The molecule has 4 heteroatoms. The molecule has 2 saturated heterocycles. The summed E-state index contributed by atoms with van der Waals surface area (Å²) in [6.45, 7) is 5.03. The van der Waals surface area contributed by atoms with Crippen LogP contribution < -0.4 is 5.32 Å². The molecule has 21 heavy (non-hydrogen) atoms. The fourth-order valence-electron chi connectivity index (χ4n) is 3.95. The van der Waals surface area contributed by atoms with Gasteiger partial charge in [0.15, 0.2) is 0 Å². The zero-order valence-corrected chi connectivity index (χ0v) is 12.5. The van der Waals surface area contributed by atoms with E-state index in [0.29, 0.717) is 6.04 Å². The first kappa shape index (κ1) is 13.1. The van der Waals surface area contributed by atoms with Crippen LogP contribution in [0.15, 0.2) is 18.2 Å². The van der Waals surface area contributed by atoms with Crippen molar-refractivity contribution >= 4 is 11.6 Å². The second-order valence-corrected chi connectivity index (χ2v) is 6.49. The number of rotatable bonds is 1. The largest absolute Gasteiger partial charge is 0.384 e. The summed E-state index contributed by atoms with van der Waals surface area (Å²) in [5, 5.41) is 3.36. The van der Waals surface area contributed by atoms with Crippen LogP contribution in [0.2, 0.25) is 0 Å². The van der Waals surface area contributed by atoms with Gasteiger partial charge >= 0.3 is 0 Å². The van der Waals surface area contributed by atoms with Gasteiger partial charge in [-0.3, -0.25) is 9.69 Å². The second-order valence-electron chi connectivity index (χ2n) is 6.49. The van der Waals surface area contributed by atoms with Crippen LogP contribution >= 0.6 is 0 Å². The lowest BCUT2D eigenvalue weighted by molar-refractivity contribution is 0.0372. The molecule has 1 atom stereocenters. The summed E-state index contributed by atoms with van der Waals surface area (Å²) in [6.07, 6.45) is 4.95. The fraction of sp³-hybridized carbons (Fsp3) is 0.588. The smallest absolute Gasteiger partial charge is 0.254 e. The summed E-state index contributed by atoms with van der Waals surface area (Å²) in [5.74, 6) is 0.205. The molecular formula is C17H23N3O. The van der Waals surface area contributed by atoms with Crippen LogP contribution in [0.3, 0.4) is 0 Å². The minimum absolute atomic E-state index is 0.205. The molecule has 0 aromatic heterocycles. The van der Waals surface area contributed by atoms with Gasteiger partial charge in [-0.15, -0.1) is 0 Å². The molecule has 0 saturated carbocycles. The number of benzene rings is 1.